The molecule has 0 saturated heterocycles. The number of ether oxygens (including phenoxy) is 2. The van der Waals surface area contributed by atoms with Gasteiger partial charge in [-0.3, -0.25) is 0 Å². The van der Waals surface area contributed by atoms with Crippen LogP contribution in [0.4, 0.5) is 4.79 Å². The zero-order valence-electron chi connectivity index (χ0n) is 17.3. The van der Waals surface area contributed by atoms with E-state index >= 15 is 0 Å². The largest absolute Gasteiger partial charge is 0.444 e. The maximum absolute atomic E-state index is 12.4. The van der Waals surface area contributed by atoms with Crippen LogP contribution >= 0.6 is 0 Å². The van der Waals surface area contributed by atoms with Crippen molar-refractivity contribution in [1.29, 1.82) is 0 Å². The molecule has 0 bridgehead atoms. The molecule has 0 radical (unpaired) electrons. The zero-order valence-corrected chi connectivity index (χ0v) is 17.3. The molecule has 0 aliphatic heterocycles. The lowest BCUT2D eigenvalue weighted by Gasteiger charge is -2.19. The first-order valence-corrected chi connectivity index (χ1v) is 9.44. The molecule has 0 atom stereocenters. The second kappa shape index (κ2) is 8.41. The number of alkyl carbamates (subject to hydrolysis) is 1. The fourth-order valence-corrected chi connectivity index (χ4v) is 2.94. The minimum atomic E-state index is -0.718. The molecule has 0 aliphatic carbocycles. The molecule has 1 aromatic heterocycles. The van der Waals surface area contributed by atoms with Crippen molar-refractivity contribution in [3.63, 3.8) is 0 Å². The Morgan fingerprint density at radius 2 is 1.77 bits per heavy atom. The number of rotatable bonds is 4. The van der Waals surface area contributed by atoms with Crippen LogP contribution in [-0.4, -0.2) is 24.2 Å². The highest BCUT2D eigenvalue weighted by atomic mass is 16.6. The van der Waals surface area contributed by atoms with Gasteiger partial charge in [-0.1, -0.05) is 30.3 Å². The summed E-state index contributed by atoms with van der Waals surface area (Å²) in [5.74, 6) is -0.443. The third kappa shape index (κ3) is 5.26. The van der Waals surface area contributed by atoms with Crippen molar-refractivity contribution in [3.05, 3.63) is 64.5 Å². The minimum Gasteiger partial charge on any atom is -0.444 e. The molecule has 0 unspecified atom stereocenters. The van der Waals surface area contributed by atoms with Crippen LogP contribution in [0.3, 0.4) is 0 Å². The molecule has 3 aromatic rings. The smallest absolute Gasteiger partial charge is 0.408 e. The lowest BCUT2D eigenvalue weighted by molar-refractivity contribution is -0.133. The topological polar surface area (TPSA) is 94.8 Å². The standard InChI is InChI=1S/C23H23NO6/c1-14-10-17-21(16(12-19(25)28-17)15-8-6-5-7-9-15)18(11-14)29-20(26)13-24-22(27)30-23(2,3)4/h5-12H,13H2,1-4H3,(H,24,27). The lowest BCUT2D eigenvalue weighted by atomic mass is 10.0. The van der Waals surface area contributed by atoms with E-state index in [0.29, 0.717) is 16.5 Å². The van der Waals surface area contributed by atoms with Crippen LogP contribution in [0.15, 0.2) is 57.7 Å². The highest BCUT2D eigenvalue weighted by molar-refractivity contribution is 5.99. The molecule has 0 aliphatic rings. The summed E-state index contributed by atoms with van der Waals surface area (Å²) in [6, 6.07) is 14.0. The van der Waals surface area contributed by atoms with Crippen LogP contribution < -0.4 is 15.7 Å². The fourth-order valence-electron chi connectivity index (χ4n) is 2.94. The summed E-state index contributed by atoms with van der Waals surface area (Å²) >= 11 is 0. The van der Waals surface area contributed by atoms with E-state index in [1.807, 2.05) is 30.3 Å². The van der Waals surface area contributed by atoms with Crippen LogP contribution in [0.25, 0.3) is 22.1 Å². The molecule has 30 heavy (non-hydrogen) atoms. The molecule has 7 heteroatoms. The van der Waals surface area contributed by atoms with Crippen molar-refractivity contribution in [2.75, 3.05) is 6.54 Å². The van der Waals surface area contributed by atoms with Gasteiger partial charge in [0.15, 0.2) is 0 Å². The molecule has 0 spiro atoms. The number of carbonyl (C=O) groups is 2. The molecule has 0 fully saturated rings. The Labute approximate surface area is 173 Å². The van der Waals surface area contributed by atoms with E-state index in [9.17, 15) is 14.4 Å². The monoisotopic (exact) mass is 409 g/mol. The van der Waals surface area contributed by atoms with Gasteiger partial charge >= 0.3 is 17.7 Å². The van der Waals surface area contributed by atoms with Crippen molar-refractivity contribution in [2.45, 2.75) is 33.3 Å². The summed E-state index contributed by atoms with van der Waals surface area (Å²) in [4.78, 5) is 36.2. The highest BCUT2D eigenvalue weighted by Gasteiger charge is 2.19. The molecule has 1 heterocycles. The number of carbonyl (C=O) groups excluding carboxylic acids is 2. The molecule has 156 valence electrons. The van der Waals surface area contributed by atoms with Crippen LogP contribution in [0.2, 0.25) is 0 Å². The van der Waals surface area contributed by atoms with E-state index in [0.717, 1.165) is 11.1 Å². The molecule has 0 saturated carbocycles. The zero-order chi connectivity index (χ0) is 21.9. The number of benzene rings is 2. The summed E-state index contributed by atoms with van der Waals surface area (Å²) < 4.78 is 16.0. The van der Waals surface area contributed by atoms with Gasteiger partial charge in [0.2, 0.25) is 0 Å². The first kappa shape index (κ1) is 21.1. The third-order valence-corrected chi connectivity index (χ3v) is 4.04. The minimum absolute atomic E-state index is 0.239. The highest BCUT2D eigenvalue weighted by Crippen LogP contribution is 2.35. The molecule has 3 rings (SSSR count). The molecule has 1 amide bonds. The maximum atomic E-state index is 12.4. The van der Waals surface area contributed by atoms with Gasteiger partial charge in [-0.15, -0.1) is 0 Å². The first-order valence-electron chi connectivity index (χ1n) is 9.44. The van der Waals surface area contributed by atoms with Gasteiger partial charge in [0.25, 0.3) is 0 Å². The molecule has 1 N–H and O–H groups in total. The van der Waals surface area contributed by atoms with Gasteiger partial charge in [-0.05, 0) is 51.0 Å². The fraction of sp³-hybridized carbons (Fsp3) is 0.261. The summed E-state index contributed by atoms with van der Waals surface area (Å²) in [6.45, 7) is 6.60. The quantitative estimate of drug-likeness (QED) is 0.394. The summed E-state index contributed by atoms with van der Waals surface area (Å²) in [6.07, 6.45) is -0.718. The van der Waals surface area contributed by atoms with E-state index < -0.39 is 23.3 Å². The van der Waals surface area contributed by atoms with Crippen LogP contribution in [0.5, 0.6) is 5.75 Å². The predicted molar refractivity (Wildman–Crippen MR) is 113 cm³/mol. The van der Waals surface area contributed by atoms with E-state index in [2.05, 4.69) is 5.32 Å². The van der Waals surface area contributed by atoms with E-state index in [4.69, 9.17) is 13.9 Å². The van der Waals surface area contributed by atoms with Gasteiger partial charge in [0.1, 0.15) is 23.5 Å². The van der Waals surface area contributed by atoms with Gasteiger partial charge in [0, 0.05) is 11.6 Å². The maximum Gasteiger partial charge on any atom is 0.408 e. The number of hydrogen-bond donors (Lipinski definition) is 1. The molecule has 7 nitrogen and oxygen atoms in total. The average Bonchev–Trinajstić information content (AvgIpc) is 2.64. The molecular formula is C23H23NO6. The Morgan fingerprint density at radius 3 is 2.43 bits per heavy atom. The molecular weight excluding hydrogens is 386 g/mol. The van der Waals surface area contributed by atoms with E-state index in [1.54, 1.807) is 39.8 Å². The number of aryl methyl sites for hydroxylation is 1. The number of nitrogens with one attached hydrogen (secondary N) is 1. The first-order chi connectivity index (χ1) is 14.1. The van der Waals surface area contributed by atoms with Crippen molar-refractivity contribution >= 4 is 23.0 Å². The van der Waals surface area contributed by atoms with Gasteiger partial charge in [-0.2, -0.15) is 0 Å². The Bertz CT molecular complexity index is 1140. The normalized spacial score (nSPS) is 11.2. The van der Waals surface area contributed by atoms with Crippen molar-refractivity contribution in [3.8, 4) is 16.9 Å². The van der Waals surface area contributed by atoms with Crippen LogP contribution in [-0.2, 0) is 9.53 Å². The third-order valence-electron chi connectivity index (χ3n) is 4.04. The van der Waals surface area contributed by atoms with Gasteiger partial charge < -0.3 is 19.2 Å². The molecule has 2 aromatic carbocycles. The van der Waals surface area contributed by atoms with Crippen molar-refractivity contribution in [2.24, 2.45) is 0 Å². The number of esters is 1. The lowest BCUT2D eigenvalue weighted by Crippen LogP contribution is -2.36. The van der Waals surface area contributed by atoms with Crippen molar-refractivity contribution in [1.82, 2.24) is 5.32 Å². The second-order valence-electron chi connectivity index (χ2n) is 7.81. The predicted octanol–water partition coefficient (Wildman–Crippen LogP) is 4.20. The van der Waals surface area contributed by atoms with Crippen LogP contribution in [0, 0.1) is 6.92 Å². The number of fused-ring (bicyclic) bond motifs is 1. The summed E-state index contributed by atoms with van der Waals surface area (Å²) in [5.41, 5.74) is 1.25. The second-order valence-corrected chi connectivity index (χ2v) is 7.81. The average molecular weight is 409 g/mol. The number of amides is 1. The Hall–Kier alpha value is -3.61. The summed E-state index contributed by atoms with van der Waals surface area (Å²) in [7, 11) is 0. The Kier molecular flexibility index (Phi) is 5.91. The van der Waals surface area contributed by atoms with Crippen molar-refractivity contribution < 1.29 is 23.5 Å². The Balaban J connectivity index is 1.93. The van der Waals surface area contributed by atoms with E-state index in [-0.39, 0.29) is 12.3 Å². The summed E-state index contributed by atoms with van der Waals surface area (Å²) in [5, 5.41) is 2.87. The van der Waals surface area contributed by atoms with Crippen LogP contribution in [0.1, 0.15) is 26.3 Å². The number of hydrogen-bond acceptors (Lipinski definition) is 6. The SMILES string of the molecule is Cc1cc(OC(=O)CNC(=O)OC(C)(C)C)c2c(-c3ccccc3)cc(=O)oc2c1. The Morgan fingerprint density at radius 1 is 1.07 bits per heavy atom. The van der Waals surface area contributed by atoms with Gasteiger partial charge in [-0.25, -0.2) is 14.4 Å². The van der Waals surface area contributed by atoms with E-state index in [1.165, 1.54) is 6.07 Å². The van der Waals surface area contributed by atoms with Gasteiger partial charge in [0.05, 0.1) is 5.39 Å².